The summed E-state index contributed by atoms with van der Waals surface area (Å²) in [7, 11) is 2.61. The summed E-state index contributed by atoms with van der Waals surface area (Å²) in [5.74, 6) is -0.975. The third-order valence-electron chi connectivity index (χ3n) is 8.66. The molecule has 3 aliphatic carbocycles. The molecular formula is C29H25NO6. The molecule has 36 heavy (non-hydrogen) atoms. The summed E-state index contributed by atoms with van der Waals surface area (Å²) < 4.78 is 15.9. The molecule has 1 saturated heterocycles. The lowest BCUT2D eigenvalue weighted by atomic mass is 9.59. The van der Waals surface area contributed by atoms with Crippen LogP contribution in [0.5, 0.6) is 0 Å². The standard InChI is InChI=1S/C29H25NO6/c1-34-27(31)23-21-22(24(23)28(32)35-2)26-20-12-18-16-9-8-15(10-16)17(18)11-19(20)25(21)30(26)29(33)36-13-14-6-4-3-5-7-14/h3-9,11-12,15-16,21-22,25-26H,10,13H2,1-2H3/t15-,16+,21+,22-,25+,26-. The molecule has 0 unspecified atom stereocenters. The van der Waals surface area contributed by atoms with Gasteiger partial charge in [-0.1, -0.05) is 54.6 Å². The molecule has 2 aliphatic heterocycles. The number of hydrogen-bond acceptors (Lipinski definition) is 6. The third kappa shape index (κ3) is 2.66. The maximum absolute atomic E-state index is 13.6. The highest BCUT2D eigenvalue weighted by molar-refractivity contribution is 6.05. The Kier molecular flexibility index (Phi) is 4.50. The van der Waals surface area contributed by atoms with Gasteiger partial charge < -0.3 is 14.2 Å². The second-order valence-electron chi connectivity index (χ2n) is 10.1. The van der Waals surface area contributed by atoms with Crippen molar-refractivity contribution in [3.63, 3.8) is 0 Å². The molecule has 4 bridgehead atoms. The van der Waals surface area contributed by atoms with E-state index in [0.29, 0.717) is 23.0 Å². The number of esters is 2. The van der Waals surface area contributed by atoms with Crippen LogP contribution in [-0.2, 0) is 30.4 Å². The van der Waals surface area contributed by atoms with E-state index in [1.807, 2.05) is 30.3 Å². The quantitative estimate of drug-likeness (QED) is 0.363. The normalized spacial score (nSPS) is 29.4. The molecule has 0 radical (unpaired) electrons. The zero-order valence-corrected chi connectivity index (χ0v) is 20.0. The van der Waals surface area contributed by atoms with Crippen LogP contribution in [0.2, 0.25) is 0 Å². The van der Waals surface area contributed by atoms with Crippen molar-refractivity contribution in [1.29, 1.82) is 0 Å². The Morgan fingerprint density at radius 1 is 0.806 bits per heavy atom. The highest BCUT2D eigenvalue weighted by Crippen LogP contribution is 2.69. The Labute approximate surface area is 208 Å². The largest absolute Gasteiger partial charge is 0.466 e. The monoisotopic (exact) mass is 483 g/mol. The molecule has 7 heteroatoms. The van der Waals surface area contributed by atoms with Gasteiger partial charge in [0.05, 0.1) is 37.4 Å². The molecular weight excluding hydrogens is 458 g/mol. The van der Waals surface area contributed by atoms with Gasteiger partial charge in [-0.15, -0.1) is 0 Å². The lowest BCUT2D eigenvalue weighted by Gasteiger charge is -2.41. The van der Waals surface area contributed by atoms with Crippen molar-refractivity contribution in [2.24, 2.45) is 11.8 Å². The minimum Gasteiger partial charge on any atom is -0.466 e. The molecule has 0 N–H and O–H groups in total. The molecule has 2 aromatic rings. The average molecular weight is 484 g/mol. The fraction of sp³-hybridized carbons (Fsp3) is 0.345. The van der Waals surface area contributed by atoms with Gasteiger partial charge in [0.2, 0.25) is 0 Å². The number of nitrogens with zero attached hydrogens (tertiary/aromatic N) is 1. The lowest BCUT2D eigenvalue weighted by molar-refractivity contribution is -0.142. The van der Waals surface area contributed by atoms with Crippen LogP contribution in [0.25, 0.3) is 0 Å². The molecule has 2 aromatic carbocycles. The van der Waals surface area contributed by atoms with Crippen LogP contribution in [0.1, 0.15) is 58.2 Å². The van der Waals surface area contributed by atoms with Gasteiger partial charge in [-0.05, 0) is 34.2 Å². The van der Waals surface area contributed by atoms with Gasteiger partial charge in [0.15, 0.2) is 0 Å². The van der Waals surface area contributed by atoms with Crippen LogP contribution < -0.4 is 0 Å². The molecule has 0 aromatic heterocycles. The number of ether oxygens (including phenoxy) is 3. The number of hydrogen-bond donors (Lipinski definition) is 0. The maximum atomic E-state index is 13.6. The predicted molar refractivity (Wildman–Crippen MR) is 128 cm³/mol. The van der Waals surface area contributed by atoms with Crippen LogP contribution in [-0.4, -0.2) is 37.2 Å². The summed E-state index contributed by atoms with van der Waals surface area (Å²) in [6.45, 7) is 0.146. The van der Waals surface area contributed by atoms with E-state index in [0.717, 1.165) is 23.1 Å². The highest BCUT2D eigenvalue weighted by Gasteiger charge is 2.68. The molecule has 6 atom stereocenters. The lowest BCUT2D eigenvalue weighted by Crippen LogP contribution is -2.42. The number of rotatable bonds is 4. The van der Waals surface area contributed by atoms with Gasteiger partial charge in [-0.25, -0.2) is 14.4 Å². The Bertz CT molecular complexity index is 1320. The summed E-state index contributed by atoms with van der Waals surface area (Å²) >= 11 is 0. The molecule has 0 saturated carbocycles. The zero-order valence-electron chi connectivity index (χ0n) is 20.0. The van der Waals surface area contributed by atoms with Crippen LogP contribution in [0, 0.1) is 11.8 Å². The Morgan fingerprint density at radius 2 is 1.33 bits per heavy atom. The molecule has 182 valence electrons. The Hall–Kier alpha value is -3.87. The summed E-state index contributed by atoms with van der Waals surface area (Å²) in [6.07, 6.45) is 5.16. The Balaban J connectivity index is 1.31. The van der Waals surface area contributed by atoms with E-state index in [4.69, 9.17) is 14.2 Å². The van der Waals surface area contributed by atoms with Crippen molar-refractivity contribution in [2.75, 3.05) is 14.2 Å². The van der Waals surface area contributed by atoms with Crippen LogP contribution in [0.15, 0.2) is 65.8 Å². The van der Waals surface area contributed by atoms with Crippen LogP contribution >= 0.6 is 0 Å². The van der Waals surface area contributed by atoms with Crippen molar-refractivity contribution < 1.29 is 28.6 Å². The van der Waals surface area contributed by atoms with Gasteiger partial charge in [-0.3, -0.25) is 4.90 Å². The molecule has 5 aliphatic rings. The number of carbonyl (C=O) groups excluding carboxylic acids is 3. The van der Waals surface area contributed by atoms with Crippen molar-refractivity contribution in [1.82, 2.24) is 4.90 Å². The number of fused-ring (bicyclic) bond motifs is 13. The first-order chi connectivity index (χ1) is 17.5. The predicted octanol–water partition coefficient (Wildman–Crippen LogP) is 4.46. The molecule has 0 spiro atoms. The number of benzene rings is 2. The fourth-order valence-corrected chi connectivity index (χ4v) is 7.25. The van der Waals surface area contributed by atoms with E-state index in [-0.39, 0.29) is 18.4 Å². The SMILES string of the molecule is COC(=O)C1=C(C(=O)OC)[C@H]2[C@@H]1[C@@H]1c3cc4c(cc3[C@H]2N1C(=O)OCc1ccccc1)[C@H]1C=C[C@@H]4C1. The van der Waals surface area contributed by atoms with Crippen molar-refractivity contribution in [2.45, 2.75) is 36.9 Å². The summed E-state index contributed by atoms with van der Waals surface area (Å²) in [5.41, 5.74) is 6.22. The first-order valence-electron chi connectivity index (χ1n) is 12.3. The molecule has 1 amide bonds. The van der Waals surface area contributed by atoms with Crippen molar-refractivity contribution >= 4 is 18.0 Å². The van der Waals surface area contributed by atoms with Crippen molar-refractivity contribution in [3.05, 3.63) is 93.6 Å². The van der Waals surface area contributed by atoms with Crippen LogP contribution in [0.4, 0.5) is 4.79 Å². The van der Waals surface area contributed by atoms with Gasteiger partial charge in [-0.2, -0.15) is 0 Å². The highest BCUT2D eigenvalue weighted by atomic mass is 16.6. The van der Waals surface area contributed by atoms with E-state index in [2.05, 4.69) is 24.3 Å². The zero-order chi connectivity index (χ0) is 24.7. The first-order valence-corrected chi connectivity index (χ1v) is 12.3. The second kappa shape index (κ2) is 7.56. The first kappa shape index (κ1) is 21.4. The third-order valence-corrected chi connectivity index (χ3v) is 8.66. The van der Waals surface area contributed by atoms with Gasteiger partial charge in [0, 0.05) is 23.7 Å². The molecule has 7 rings (SSSR count). The fourth-order valence-electron chi connectivity index (χ4n) is 7.25. The summed E-state index contributed by atoms with van der Waals surface area (Å²) in [6, 6.07) is 13.2. The van der Waals surface area contributed by atoms with E-state index >= 15 is 0 Å². The summed E-state index contributed by atoms with van der Waals surface area (Å²) in [5, 5.41) is 0. The average Bonchev–Trinajstić information content (AvgIpc) is 3.64. The molecule has 1 fully saturated rings. The minimum atomic E-state index is -0.550. The van der Waals surface area contributed by atoms with E-state index < -0.39 is 30.1 Å². The van der Waals surface area contributed by atoms with Crippen molar-refractivity contribution in [3.8, 4) is 0 Å². The van der Waals surface area contributed by atoms with E-state index in [1.165, 1.54) is 25.3 Å². The maximum Gasteiger partial charge on any atom is 0.411 e. The smallest absolute Gasteiger partial charge is 0.411 e. The molecule has 2 heterocycles. The van der Waals surface area contributed by atoms with Gasteiger partial charge in [0.1, 0.15) is 6.61 Å². The van der Waals surface area contributed by atoms with Crippen LogP contribution in [0.3, 0.4) is 0 Å². The Morgan fingerprint density at radius 3 is 1.83 bits per heavy atom. The van der Waals surface area contributed by atoms with E-state index in [9.17, 15) is 14.4 Å². The molecule has 7 nitrogen and oxygen atoms in total. The number of allylic oxidation sites excluding steroid dienone is 2. The van der Waals surface area contributed by atoms with E-state index in [1.54, 1.807) is 4.90 Å². The number of amides is 1. The summed E-state index contributed by atoms with van der Waals surface area (Å²) in [4.78, 5) is 40.9. The second-order valence-corrected chi connectivity index (χ2v) is 10.1. The topological polar surface area (TPSA) is 82.1 Å². The minimum absolute atomic E-state index is 0.146. The van der Waals surface area contributed by atoms with Gasteiger partial charge >= 0.3 is 18.0 Å². The van der Waals surface area contributed by atoms with Gasteiger partial charge in [0.25, 0.3) is 0 Å². The number of methoxy groups -OCH3 is 2. The number of carbonyl (C=O) groups is 3.